The monoisotopic (exact) mass is 172 g/mol. The number of aromatic nitrogens is 1. The van der Waals surface area contributed by atoms with Gasteiger partial charge < -0.3 is 4.84 Å². The van der Waals surface area contributed by atoms with E-state index >= 15 is 0 Å². The van der Waals surface area contributed by atoms with Gasteiger partial charge >= 0.3 is 0 Å². The topological polar surface area (TPSA) is 34.1 Å². The summed E-state index contributed by atoms with van der Waals surface area (Å²) in [6.07, 6.45) is 1.87. The summed E-state index contributed by atoms with van der Waals surface area (Å²) in [6.45, 7) is 5.39. The zero-order valence-corrected chi connectivity index (χ0v) is 7.57. The van der Waals surface area contributed by atoms with Gasteiger partial charge in [-0.25, -0.2) is 4.98 Å². The third-order valence-electron chi connectivity index (χ3n) is 1.16. The molecule has 0 amide bonds. The Labute approximate surface area is 70.4 Å². The predicted molar refractivity (Wildman–Crippen MR) is 45.3 cm³/mol. The maximum absolute atomic E-state index is 4.98. The first-order chi connectivity index (χ1) is 5.33. The van der Waals surface area contributed by atoms with Crippen LogP contribution in [0.25, 0.3) is 0 Å². The first-order valence-corrected chi connectivity index (χ1v) is 4.40. The van der Waals surface area contributed by atoms with E-state index in [-0.39, 0.29) is 0 Å². The maximum atomic E-state index is 4.98. The molecular formula is C7H12N2OS. The molecule has 0 bridgehead atoms. The van der Waals surface area contributed by atoms with E-state index in [4.69, 9.17) is 4.84 Å². The maximum Gasteiger partial charge on any atom is 0.0897 e. The van der Waals surface area contributed by atoms with Crippen LogP contribution in [-0.2, 0) is 11.4 Å². The standard InChI is InChI=1S/C7H12N2OS/c1-3-10-9-5-7-4-8-6(2)11-7/h4,9H,3,5H2,1-2H3. The van der Waals surface area contributed by atoms with Gasteiger partial charge in [-0.05, 0) is 13.8 Å². The number of hydrogen-bond acceptors (Lipinski definition) is 4. The molecule has 0 atom stereocenters. The molecule has 0 spiro atoms. The Morgan fingerprint density at radius 2 is 2.55 bits per heavy atom. The van der Waals surface area contributed by atoms with Crippen molar-refractivity contribution in [2.45, 2.75) is 20.4 Å². The van der Waals surface area contributed by atoms with Crippen LogP contribution in [0.3, 0.4) is 0 Å². The van der Waals surface area contributed by atoms with Gasteiger partial charge in [0.05, 0.1) is 18.2 Å². The predicted octanol–water partition coefficient (Wildman–Crippen LogP) is 1.49. The normalized spacial score (nSPS) is 10.4. The molecule has 0 aliphatic heterocycles. The summed E-state index contributed by atoms with van der Waals surface area (Å²) in [5.41, 5.74) is 2.84. The molecule has 0 saturated heterocycles. The molecule has 0 aliphatic carbocycles. The number of hydroxylamine groups is 1. The zero-order chi connectivity index (χ0) is 8.10. The third-order valence-corrected chi connectivity index (χ3v) is 2.07. The Morgan fingerprint density at radius 3 is 3.09 bits per heavy atom. The summed E-state index contributed by atoms with van der Waals surface area (Å²) >= 11 is 1.68. The fraction of sp³-hybridized carbons (Fsp3) is 0.571. The number of hydrogen-bond donors (Lipinski definition) is 1. The highest BCUT2D eigenvalue weighted by atomic mass is 32.1. The summed E-state index contributed by atoms with van der Waals surface area (Å²) < 4.78 is 0. The smallest absolute Gasteiger partial charge is 0.0897 e. The van der Waals surface area contributed by atoms with Crippen molar-refractivity contribution >= 4 is 11.3 Å². The molecule has 0 fully saturated rings. The van der Waals surface area contributed by atoms with Crippen LogP contribution < -0.4 is 5.48 Å². The van der Waals surface area contributed by atoms with Crippen LogP contribution in [0.5, 0.6) is 0 Å². The highest BCUT2D eigenvalue weighted by molar-refractivity contribution is 7.11. The van der Waals surface area contributed by atoms with Gasteiger partial charge in [0, 0.05) is 11.1 Å². The van der Waals surface area contributed by atoms with Crippen molar-refractivity contribution in [3.05, 3.63) is 16.1 Å². The highest BCUT2D eigenvalue weighted by Crippen LogP contribution is 2.10. The fourth-order valence-corrected chi connectivity index (χ4v) is 1.43. The van der Waals surface area contributed by atoms with Crippen molar-refractivity contribution in [2.75, 3.05) is 6.61 Å². The van der Waals surface area contributed by atoms with E-state index in [9.17, 15) is 0 Å². The van der Waals surface area contributed by atoms with Crippen molar-refractivity contribution in [1.29, 1.82) is 0 Å². The lowest BCUT2D eigenvalue weighted by Gasteiger charge is -1.98. The molecule has 0 saturated carbocycles. The first-order valence-electron chi connectivity index (χ1n) is 3.59. The van der Waals surface area contributed by atoms with Gasteiger partial charge in [-0.1, -0.05) is 0 Å². The van der Waals surface area contributed by atoms with Gasteiger partial charge in [0.1, 0.15) is 0 Å². The summed E-state index contributed by atoms with van der Waals surface area (Å²) in [7, 11) is 0. The van der Waals surface area contributed by atoms with Gasteiger partial charge in [-0.3, -0.25) is 0 Å². The summed E-state index contributed by atoms with van der Waals surface area (Å²) in [4.78, 5) is 10.3. The molecule has 1 N–H and O–H groups in total. The Morgan fingerprint density at radius 1 is 1.73 bits per heavy atom. The van der Waals surface area contributed by atoms with E-state index in [1.54, 1.807) is 11.3 Å². The average molecular weight is 172 g/mol. The second-order valence-corrected chi connectivity index (χ2v) is 3.42. The van der Waals surface area contributed by atoms with Gasteiger partial charge in [-0.15, -0.1) is 11.3 Å². The molecule has 4 heteroatoms. The molecule has 11 heavy (non-hydrogen) atoms. The first kappa shape index (κ1) is 8.64. The quantitative estimate of drug-likeness (QED) is 0.552. The van der Waals surface area contributed by atoms with Crippen LogP contribution in [0.1, 0.15) is 16.8 Å². The lowest BCUT2D eigenvalue weighted by atomic mass is 10.6. The van der Waals surface area contributed by atoms with Crippen LogP contribution in [0.4, 0.5) is 0 Å². The Hall–Kier alpha value is -0.450. The molecule has 1 aromatic rings. The SMILES string of the molecule is CCONCc1cnc(C)s1. The number of thiazole rings is 1. The molecule has 3 nitrogen and oxygen atoms in total. The molecule has 62 valence electrons. The minimum Gasteiger partial charge on any atom is -0.302 e. The van der Waals surface area contributed by atoms with Crippen LogP contribution in [0.15, 0.2) is 6.20 Å². The molecule has 1 aromatic heterocycles. The van der Waals surface area contributed by atoms with E-state index in [0.29, 0.717) is 6.61 Å². The molecule has 1 rings (SSSR count). The summed E-state index contributed by atoms with van der Waals surface area (Å²) in [6, 6.07) is 0. The molecule has 0 radical (unpaired) electrons. The van der Waals surface area contributed by atoms with Gasteiger partial charge in [0.25, 0.3) is 0 Å². The lowest BCUT2D eigenvalue weighted by Crippen LogP contribution is -2.12. The molecule has 0 unspecified atom stereocenters. The Kier molecular flexibility index (Phi) is 3.48. The van der Waals surface area contributed by atoms with Crippen LogP contribution in [0.2, 0.25) is 0 Å². The van der Waals surface area contributed by atoms with Crippen LogP contribution in [0, 0.1) is 6.92 Å². The van der Waals surface area contributed by atoms with Crippen LogP contribution in [-0.4, -0.2) is 11.6 Å². The third kappa shape index (κ3) is 2.96. The van der Waals surface area contributed by atoms with E-state index in [2.05, 4.69) is 10.5 Å². The zero-order valence-electron chi connectivity index (χ0n) is 6.76. The van der Waals surface area contributed by atoms with Crippen molar-refractivity contribution in [2.24, 2.45) is 0 Å². The van der Waals surface area contributed by atoms with Crippen molar-refractivity contribution in [3.8, 4) is 0 Å². The lowest BCUT2D eigenvalue weighted by molar-refractivity contribution is 0.0469. The van der Waals surface area contributed by atoms with E-state index in [1.165, 1.54) is 4.88 Å². The second kappa shape index (κ2) is 4.43. The van der Waals surface area contributed by atoms with E-state index in [0.717, 1.165) is 11.6 Å². The Balaban J connectivity index is 2.27. The van der Waals surface area contributed by atoms with Gasteiger partial charge in [-0.2, -0.15) is 5.48 Å². The second-order valence-electron chi connectivity index (χ2n) is 2.10. The number of aryl methyl sites for hydroxylation is 1. The van der Waals surface area contributed by atoms with E-state index in [1.807, 2.05) is 20.0 Å². The summed E-state index contributed by atoms with van der Waals surface area (Å²) in [5.74, 6) is 0. The van der Waals surface area contributed by atoms with Crippen molar-refractivity contribution in [3.63, 3.8) is 0 Å². The van der Waals surface area contributed by atoms with Gasteiger partial charge in [0.2, 0.25) is 0 Å². The molecule has 1 heterocycles. The number of nitrogens with one attached hydrogen (secondary N) is 1. The average Bonchev–Trinajstić information content (AvgIpc) is 2.37. The molecular weight excluding hydrogens is 160 g/mol. The minimum absolute atomic E-state index is 0.692. The minimum atomic E-state index is 0.692. The Bertz CT molecular complexity index is 212. The van der Waals surface area contributed by atoms with Crippen molar-refractivity contribution < 1.29 is 4.84 Å². The van der Waals surface area contributed by atoms with Crippen molar-refractivity contribution in [1.82, 2.24) is 10.5 Å². The number of nitrogens with zero attached hydrogens (tertiary/aromatic N) is 1. The number of rotatable bonds is 4. The molecule has 0 aliphatic rings. The largest absolute Gasteiger partial charge is 0.302 e. The van der Waals surface area contributed by atoms with E-state index < -0.39 is 0 Å². The molecule has 0 aromatic carbocycles. The van der Waals surface area contributed by atoms with Gasteiger partial charge in [0.15, 0.2) is 0 Å². The fourth-order valence-electron chi connectivity index (χ4n) is 0.711. The van der Waals surface area contributed by atoms with Crippen LogP contribution >= 0.6 is 11.3 Å². The summed E-state index contributed by atoms with van der Waals surface area (Å²) in [5, 5.41) is 1.10. The highest BCUT2D eigenvalue weighted by Gasteiger charge is 1.95.